The predicted octanol–water partition coefficient (Wildman–Crippen LogP) is 3.85. The van der Waals surface area contributed by atoms with E-state index in [0.29, 0.717) is 6.04 Å². The minimum absolute atomic E-state index is 0.505. The van der Waals surface area contributed by atoms with Crippen LogP contribution in [-0.2, 0) is 0 Å². The van der Waals surface area contributed by atoms with E-state index >= 15 is 0 Å². The fraction of sp³-hybridized carbons (Fsp3) is 0.538. The molecular weight excluding hydrogens is 206 g/mol. The van der Waals surface area contributed by atoms with E-state index in [1.54, 1.807) is 0 Å². The molecule has 1 saturated heterocycles. The summed E-state index contributed by atoms with van der Waals surface area (Å²) in [5.41, 5.74) is 2.50. The first-order chi connectivity index (χ1) is 7.27. The average molecular weight is 224 g/mol. The Kier molecular flexibility index (Phi) is 3.66. The zero-order valence-electron chi connectivity index (χ0n) is 9.22. The van der Waals surface area contributed by atoms with E-state index in [1.807, 2.05) is 6.92 Å². The third kappa shape index (κ3) is 2.73. The molecule has 1 aliphatic heterocycles. The van der Waals surface area contributed by atoms with Crippen molar-refractivity contribution in [2.45, 2.75) is 38.6 Å². The predicted molar refractivity (Wildman–Crippen MR) is 65.4 cm³/mol. The highest BCUT2D eigenvalue weighted by Crippen LogP contribution is 2.26. The number of rotatable bonds is 1. The highest BCUT2D eigenvalue weighted by Gasteiger charge is 2.13. The van der Waals surface area contributed by atoms with Gasteiger partial charge in [-0.1, -0.05) is 36.6 Å². The van der Waals surface area contributed by atoms with E-state index in [2.05, 4.69) is 23.5 Å². The molecule has 1 aromatic rings. The van der Waals surface area contributed by atoms with Crippen LogP contribution in [0.3, 0.4) is 0 Å². The van der Waals surface area contributed by atoms with E-state index in [1.165, 1.54) is 31.2 Å². The van der Waals surface area contributed by atoms with Crippen LogP contribution in [0.1, 0.15) is 42.9 Å². The number of halogens is 1. The van der Waals surface area contributed by atoms with Gasteiger partial charge in [-0.15, -0.1) is 0 Å². The minimum Gasteiger partial charge on any atom is -0.310 e. The van der Waals surface area contributed by atoms with E-state index in [-0.39, 0.29) is 0 Å². The lowest BCUT2D eigenvalue weighted by atomic mass is 10.0. The van der Waals surface area contributed by atoms with Gasteiger partial charge >= 0.3 is 0 Å². The quantitative estimate of drug-likeness (QED) is 0.763. The number of benzene rings is 1. The molecule has 0 amide bonds. The Bertz CT molecular complexity index is 327. The molecule has 1 unspecified atom stereocenters. The van der Waals surface area contributed by atoms with Gasteiger partial charge in [0.15, 0.2) is 0 Å². The molecule has 1 atom stereocenters. The van der Waals surface area contributed by atoms with Crippen LogP contribution in [0.5, 0.6) is 0 Å². The molecule has 2 heteroatoms. The summed E-state index contributed by atoms with van der Waals surface area (Å²) in [5.74, 6) is 0. The molecule has 0 aliphatic carbocycles. The molecule has 15 heavy (non-hydrogen) atoms. The Balaban J connectivity index is 2.16. The SMILES string of the molecule is Cc1ccc(C2CCCCCN2)cc1Cl. The van der Waals surface area contributed by atoms with Gasteiger partial charge in [0.25, 0.3) is 0 Å². The summed E-state index contributed by atoms with van der Waals surface area (Å²) >= 11 is 6.15. The molecule has 1 fully saturated rings. The summed E-state index contributed by atoms with van der Waals surface area (Å²) < 4.78 is 0. The topological polar surface area (TPSA) is 12.0 Å². The lowest BCUT2D eigenvalue weighted by Gasteiger charge is -2.16. The van der Waals surface area contributed by atoms with Crippen LogP contribution in [0.2, 0.25) is 5.02 Å². The summed E-state index contributed by atoms with van der Waals surface area (Å²) in [5, 5.41) is 4.47. The van der Waals surface area contributed by atoms with Crippen molar-refractivity contribution in [2.24, 2.45) is 0 Å². The number of hydrogen-bond donors (Lipinski definition) is 1. The van der Waals surface area contributed by atoms with E-state index < -0.39 is 0 Å². The number of nitrogens with one attached hydrogen (secondary N) is 1. The Morgan fingerprint density at radius 1 is 1.27 bits per heavy atom. The lowest BCUT2D eigenvalue weighted by Crippen LogP contribution is -2.20. The second-order valence-electron chi connectivity index (χ2n) is 4.36. The van der Waals surface area contributed by atoms with Crippen molar-refractivity contribution in [2.75, 3.05) is 6.54 Å². The van der Waals surface area contributed by atoms with Gasteiger partial charge in [0.1, 0.15) is 0 Å². The molecule has 1 heterocycles. The first kappa shape index (κ1) is 11.0. The van der Waals surface area contributed by atoms with Crippen LogP contribution < -0.4 is 5.32 Å². The molecule has 1 N–H and O–H groups in total. The Morgan fingerprint density at radius 2 is 2.13 bits per heavy atom. The standard InChI is InChI=1S/C13H18ClN/c1-10-6-7-11(9-12(10)14)13-5-3-2-4-8-15-13/h6-7,9,13,15H,2-5,8H2,1H3. The molecule has 0 spiro atoms. The summed E-state index contributed by atoms with van der Waals surface area (Å²) in [6.07, 6.45) is 5.21. The molecule has 2 rings (SSSR count). The molecule has 1 aliphatic rings. The van der Waals surface area contributed by atoms with Gasteiger partial charge in [-0.05, 0) is 43.5 Å². The second kappa shape index (κ2) is 5.00. The summed E-state index contributed by atoms with van der Waals surface area (Å²) in [4.78, 5) is 0. The van der Waals surface area contributed by atoms with Crippen molar-refractivity contribution in [3.63, 3.8) is 0 Å². The average Bonchev–Trinajstić information content (AvgIpc) is 2.50. The minimum atomic E-state index is 0.505. The third-order valence-electron chi connectivity index (χ3n) is 3.16. The fourth-order valence-corrected chi connectivity index (χ4v) is 2.33. The van der Waals surface area contributed by atoms with Crippen LogP contribution in [-0.4, -0.2) is 6.54 Å². The van der Waals surface area contributed by atoms with E-state index in [4.69, 9.17) is 11.6 Å². The molecule has 0 aromatic heterocycles. The van der Waals surface area contributed by atoms with Crippen molar-refractivity contribution in [1.82, 2.24) is 5.32 Å². The zero-order chi connectivity index (χ0) is 10.7. The number of aryl methyl sites for hydroxylation is 1. The molecule has 0 saturated carbocycles. The Morgan fingerprint density at radius 3 is 2.93 bits per heavy atom. The van der Waals surface area contributed by atoms with Gasteiger partial charge in [-0.2, -0.15) is 0 Å². The van der Waals surface area contributed by atoms with Crippen molar-refractivity contribution < 1.29 is 0 Å². The molecule has 1 aromatic carbocycles. The van der Waals surface area contributed by atoms with Gasteiger partial charge in [-0.25, -0.2) is 0 Å². The molecule has 0 bridgehead atoms. The lowest BCUT2D eigenvalue weighted by molar-refractivity contribution is 0.535. The van der Waals surface area contributed by atoms with Crippen molar-refractivity contribution in [3.8, 4) is 0 Å². The monoisotopic (exact) mass is 223 g/mol. The van der Waals surface area contributed by atoms with Gasteiger partial charge in [0.2, 0.25) is 0 Å². The van der Waals surface area contributed by atoms with Crippen molar-refractivity contribution in [1.29, 1.82) is 0 Å². The normalized spacial score (nSPS) is 22.4. The van der Waals surface area contributed by atoms with Crippen LogP contribution in [0.4, 0.5) is 0 Å². The Labute approximate surface area is 96.8 Å². The molecule has 1 nitrogen and oxygen atoms in total. The summed E-state index contributed by atoms with van der Waals surface area (Å²) in [7, 11) is 0. The smallest absolute Gasteiger partial charge is 0.0438 e. The van der Waals surface area contributed by atoms with Crippen LogP contribution in [0.25, 0.3) is 0 Å². The third-order valence-corrected chi connectivity index (χ3v) is 3.57. The van der Waals surface area contributed by atoms with E-state index in [0.717, 1.165) is 17.1 Å². The second-order valence-corrected chi connectivity index (χ2v) is 4.77. The highest BCUT2D eigenvalue weighted by atomic mass is 35.5. The fourth-order valence-electron chi connectivity index (χ4n) is 2.14. The first-order valence-corrected chi connectivity index (χ1v) is 6.14. The van der Waals surface area contributed by atoms with Crippen LogP contribution in [0, 0.1) is 6.92 Å². The van der Waals surface area contributed by atoms with Gasteiger partial charge < -0.3 is 5.32 Å². The first-order valence-electron chi connectivity index (χ1n) is 5.77. The maximum atomic E-state index is 6.15. The maximum Gasteiger partial charge on any atom is 0.0438 e. The van der Waals surface area contributed by atoms with Crippen LogP contribution in [0.15, 0.2) is 18.2 Å². The van der Waals surface area contributed by atoms with Crippen molar-refractivity contribution >= 4 is 11.6 Å². The van der Waals surface area contributed by atoms with Gasteiger partial charge in [-0.3, -0.25) is 0 Å². The number of hydrogen-bond acceptors (Lipinski definition) is 1. The zero-order valence-corrected chi connectivity index (χ0v) is 9.98. The largest absolute Gasteiger partial charge is 0.310 e. The van der Waals surface area contributed by atoms with E-state index in [9.17, 15) is 0 Å². The molecule has 0 radical (unpaired) electrons. The summed E-state index contributed by atoms with van der Waals surface area (Å²) in [6.45, 7) is 3.18. The van der Waals surface area contributed by atoms with Crippen molar-refractivity contribution in [3.05, 3.63) is 34.3 Å². The van der Waals surface area contributed by atoms with Crippen LogP contribution >= 0.6 is 11.6 Å². The molecular formula is C13H18ClN. The van der Waals surface area contributed by atoms with Gasteiger partial charge in [0, 0.05) is 11.1 Å². The maximum absolute atomic E-state index is 6.15. The Hall–Kier alpha value is -0.530. The highest BCUT2D eigenvalue weighted by molar-refractivity contribution is 6.31. The molecule has 82 valence electrons. The summed E-state index contributed by atoms with van der Waals surface area (Å²) in [6, 6.07) is 6.93. The van der Waals surface area contributed by atoms with Gasteiger partial charge in [0.05, 0.1) is 0 Å².